The summed E-state index contributed by atoms with van der Waals surface area (Å²) in [6.07, 6.45) is 0.00694. The number of hydrogen-bond acceptors (Lipinski definition) is 1. The third-order valence-corrected chi connectivity index (χ3v) is 0.823. The summed E-state index contributed by atoms with van der Waals surface area (Å²) in [5.41, 5.74) is 0. The minimum atomic E-state index is -2.53. The lowest BCUT2D eigenvalue weighted by Crippen LogP contribution is -2.49. The molecule has 0 aliphatic carbocycles. The zero-order valence-electron chi connectivity index (χ0n) is 3.17. The number of halogens is 2. The first-order chi connectivity index (χ1) is 2.71. The van der Waals surface area contributed by atoms with E-state index in [9.17, 15) is 8.78 Å². The molecule has 0 spiro atoms. The lowest BCUT2D eigenvalue weighted by atomic mass is 10.2. The second-order valence-corrected chi connectivity index (χ2v) is 1.38. The second kappa shape index (κ2) is 0.904. The van der Waals surface area contributed by atoms with E-state index >= 15 is 0 Å². The molecule has 0 unspecified atom stereocenters. The summed E-state index contributed by atoms with van der Waals surface area (Å²) >= 11 is 0. The van der Waals surface area contributed by atoms with Crippen LogP contribution in [0.2, 0.25) is 0 Å². The van der Waals surface area contributed by atoms with Crippen molar-refractivity contribution in [2.24, 2.45) is 0 Å². The van der Waals surface area contributed by atoms with Gasteiger partial charge in [0.05, 0.1) is 0 Å². The summed E-state index contributed by atoms with van der Waals surface area (Å²) in [5.74, 6) is 0. The smallest absolute Gasteiger partial charge is 0.258 e. The molecule has 1 nitrogen and oxygen atoms in total. The summed E-state index contributed by atoms with van der Waals surface area (Å²) in [7, 11) is 0. The maximum absolute atomic E-state index is 11.4. The van der Waals surface area contributed by atoms with Gasteiger partial charge in [-0.25, -0.2) is 0 Å². The van der Waals surface area contributed by atoms with E-state index in [-0.39, 0.29) is 6.42 Å². The molecule has 1 saturated heterocycles. The summed E-state index contributed by atoms with van der Waals surface area (Å²) < 4.78 is 22.9. The first kappa shape index (κ1) is 3.99. The highest BCUT2D eigenvalue weighted by atomic mass is 19.3. The molecule has 0 saturated carbocycles. The predicted molar refractivity (Wildman–Crippen MR) is 17.6 cm³/mol. The van der Waals surface area contributed by atoms with Crippen LogP contribution in [-0.4, -0.2) is 12.6 Å². The topological polar surface area (TPSA) is 12.0 Å². The molecule has 1 aliphatic heterocycles. The van der Waals surface area contributed by atoms with Crippen LogP contribution in [0.5, 0.6) is 0 Å². The average molecular weight is 93.1 g/mol. The van der Waals surface area contributed by atoms with Crippen molar-refractivity contribution < 1.29 is 8.78 Å². The molecule has 36 valence electrons. The molecule has 0 aromatic heterocycles. The largest absolute Gasteiger partial charge is 0.303 e. The van der Waals surface area contributed by atoms with Crippen LogP contribution in [0.15, 0.2) is 0 Å². The van der Waals surface area contributed by atoms with E-state index in [1.54, 1.807) is 0 Å². The van der Waals surface area contributed by atoms with Gasteiger partial charge < -0.3 is 0 Å². The molecular weight excluding hydrogens is 88.0 g/mol. The number of alkyl halides is 2. The van der Waals surface area contributed by atoms with Crippen molar-refractivity contribution >= 4 is 0 Å². The maximum Gasteiger partial charge on any atom is 0.303 e. The zero-order chi connectivity index (χ0) is 4.62. The molecule has 0 aromatic rings. The third-order valence-electron chi connectivity index (χ3n) is 0.823. The number of nitrogens with one attached hydrogen (secondary N) is 1. The number of rotatable bonds is 0. The van der Waals surface area contributed by atoms with E-state index in [2.05, 4.69) is 0 Å². The van der Waals surface area contributed by atoms with Gasteiger partial charge in [-0.3, -0.25) is 5.32 Å². The molecule has 0 atom stereocenters. The molecule has 6 heavy (non-hydrogen) atoms. The van der Waals surface area contributed by atoms with E-state index < -0.39 is 6.05 Å². The van der Waals surface area contributed by atoms with Crippen LogP contribution < -0.4 is 5.32 Å². The van der Waals surface area contributed by atoms with Crippen LogP contribution in [-0.2, 0) is 0 Å². The Bertz CT molecular complexity index is 55.8. The quantitative estimate of drug-likeness (QED) is 0.432. The second-order valence-electron chi connectivity index (χ2n) is 1.38. The van der Waals surface area contributed by atoms with Gasteiger partial charge in [0.1, 0.15) is 0 Å². The molecule has 1 aliphatic rings. The van der Waals surface area contributed by atoms with Gasteiger partial charge in [0.15, 0.2) is 0 Å². The average Bonchev–Trinajstić information content (AvgIpc) is 1.32. The fraction of sp³-hybridized carbons (Fsp3) is 1.00. The Morgan fingerprint density at radius 2 is 1.83 bits per heavy atom. The number of hydrogen-bond donors (Lipinski definition) is 1. The van der Waals surface area contributed by atoms with E-state index in [0.29, 0.717) is 6.54 Å². The summed E-state index contributed by atoms with van der Waals surface area (Å²) in [6.45, 7) is 0.465. The van der Waals surface area contributed by atoms with Crippen LogP contribution >= 0.6 is 0 Å². The van der Waals surface area contributed by atoms with E-state index in [0.717, 1.165) is 0 Å². The van der Waals surface area contributed by atoms with Crippen molar-refractivity contribution in [2.45, 2.75) is 12.5 Å². The van der Waals surface area contributed by atoms with E-state index in [4.69, 9.17) is 0 Å². The minimum absolute atomic E-state index is 0.00694. The summed E-state index contributed by atoms with van der Waals surface area (Å²) in [5, 5.41) is 1.95. The van der Waals surface area contributed by atoms with Gasteiger partial charge in [-0.15, -0.1) is 0 Å². The molecule has 1 N–H and O–H groups in total. The molecule has 0 aromatic carbocycles. The zero-order valence-corrected chi connectivity index (χ0v) is 3.17. The van der Waals surface area contributed by atoms with Crippen molar-refractivity contribution in [3.8, 4) is 0 Å². The van der Waals surface area contributed by atoms with Crippen molar-refractivity contribution in [3.05, 3.63) is 0 Å². The molecule has 0 amide bonds. The lowest BCUT2D eigenvalue weighted by Gasteiger charge is -2.26. The van der Waals surface area contributed by atoms with Gasteiger partial charge in [0, 0.05) is 13.0 Å². The maximum atomic E-state index is 11.4. The lowest BCUT2D eigenvalue weighted by molar-refractivity contribution is -0.0932. The Balaban J connectivity index is 2.31. The first-order valence-corrected chi connectivity index (χ1v) is 1.84. The van der Waals surface area contributed by atoms with Crippen molar-refractivity contribution in [2.75, 3.05) is 6.54 Å². The van der Waals surface area contributed by atoms with Gasteiger partial charge in [-0.1, -0.05) is 0 Å². The Kier molecular flexibility index (Phi) is 0.602. The van der Waals surface area contributed by atoms with Crippen LogP contribution in [0.4, 0.5) is 8.78 Å². The van der Waals surface area contributed by atoms with Crippen LogP contribution in [0, 0.1) is 0 Å². The molecule has 1 fully saturated rings. The fourth-order valence-corrected chi connectivity index (χ4v) is 0.314. The predicted octanol–water partition coefficient (Wildman–Crippen LogP) is 0.573. The van der Waals surface area contributed by atoms with Crippen molar-refractivity contribution in [1.82, 2.24) is 5.32 Å². The molecule has 1 rings (SSSR count). The molecule has 1 heterocycles. The Hall–Kier alpha value is -0.180. The van der Waals surface area contributed by atoms with Gasteiger partial charge in [-0.05, 0) is 0 Å². The highest BCUT2D eigenvalue weighted by molar-refractivity contribution is 4.74. The molecule has 3 heteroatoms. The van der Waals surface area contributed by atoms with Gasteiger partial charge in [-0.2, -0.15) is 8.78 Å². The third kappa shape index (κ3) is 0.497. The van der Waals surface area contributed by atoms with Gasteiger partial charge in [0.2, 0.25) is 0 Å². The van der Waals surface area contributed by atoms with Crippen LogP contribution in [0.3, 0.4) is 0 Å². The SMILES string of the molecule is FC1(F)CCN1. The Morgan fingerprint density at radius 3 is 1.83 bits per heavy atom. The molecule has 0 radical (unpaired) electrons. The normalized spacial score (nSPS) is 29.0. The molecular formula is C3H5F2N. The Labute approximate surface area is 34.3 Å². The minimum Gasteiger partial charge on any atom is -0.258 e. The van der Waals surface area contributed by atoms with Crippen molar-refractivity contribution in [1.29, 1.82) is 0 Å². The van der Waals surface area contributed by atoms with E-state index in [1.165, 1.54) is 0 Å². The summed E-state index contributed by atoms with van der Waals surface area (Å²) in [6, 6.07) is -2.53. The summed E-state index contributed by atoms with van der Waals surface area (Å²) in [4.78, 5) is 0. The van der Waals surface area contributed by atoms with Gasteiger partial charge >= 0.3 is 6.05 Å². The standard InChI is InChI=1S/C3H5F2N/c4-3(5)1-2-6-3/h6H,1-2H2. The Morgan fingerprint density at radius 1 is 1.50 bits per heavy atom. The van der Waals surface area contributed by atoms with Crippen LogP contribution in [0.25, 0.3) is 0 Å². The van der Waals surface area contributed by atoms with Crippen molar-refractivity contribution in [3.63, 3.8) is 0 Å². The monoisotopic (exact) mass is 93.0 g/mol. The first-order valence-electron chi connectivity index (χ1n) is 1.84. The highest BCUT2D eigenvalue weighted by Gasteiger charge is 2.35. The highest BCUT2D eigenvalue weighted by Crippen LogP contribution is 2.20. The fourth-order valence-electron chi connectivity index (χ4n) is 0.314. The van der Waals surface area contributed by atoms with E-state index in [1.807, 2.05) is 5.32 Å². The van der Waals surface area contributed by atoms with Crippen LogP contribution in [0.1, 0.15) is 6.42 Å². The molecule has 0 bridgehead atoms. The van der Waals surface area contributed by atoms with Gasteiger partial charge in [0.25, 0.3) is 0 Å².